The van der Waals surface area contributed by atoms with E-state index in [0.717, 1.165) is 62.4 Å². The molecule has 1 aliphatic rings. The fourth-order valence-electron chi connectivity index (χ4n) is 4.53. The van der Waals surface area contributed by atoms with Gasteiger partial charge in [0.25, 0.3) is 5.91 Å². The summed E-state index contributed by atoms with van der Waals surface area (Å²) < 4.78 is 45.6. The molecule has 40 heavy (non-hydrogen) atoms. The van der Waals surface area contributed by atoms with Crippen LogP contribution in [-0.2, 0) is 28.5 Å². The highest BCUT2D eigenvalue weighted by molar-refractivity contribution is 5.97. The predicted octanol–water partition coefficient (Wildman–Crippen LogP) is 4.18. The van der Waals surface area contributed by atoms with E-state index in [-0.39, 0.29) is 12.5 Å². The van der Waals surface area contributed by atoms with E-state index in [1.54, 1.807) is 0 Å². The van der Waals surface area contributed by atoms with E-state index in [4.69, 9.17) is 9.72 Å². The van der Waals surface area contributed by atoms with E-state index >= 15 is 0 Å². The summed E-state index contributed by atoms with van der Waals surface area (Å²) in [5.41, 5.74) is 0.381. The highest BCUT2D eigenvalue weighted by Gasteiger charge is 2.36. The van der Waals surface area contributed by atoms with Crippen LogP contribution in [0.5, 0.6) is 0 Å². The Kier molecular flexibility index (Phi) is 11.7. The zero-order valence-corrected chi connectivity index (χ0v) is 23.0. The van der Waals surface area contributed by atoms with Crippen molar-refractivity contribution in [2.24, 2.45) is 0 Å². The second-order valence-corrected chi connectivity index (χ2v) is 10.1. The number of aromatic nitrogens is 2. The molecular weight excluding hydrogens is 527 g/mol. The summed E-state index contributed by atoms with van der Waals surface area (Å²) in [7, 11) is 0. The third kappa shape index (κ3) is 9.74. The Balaban J connectivity index is 1.56. The molecule has 2 aromatic rings. The van der Waals surface area contributed by atoms with Crippen LogP contribution < -0.4 is 10.6 Å². The zero-order valence-electron chi connectivity index (χ0n) is 23.0. The number of hydrogen-bond donors (Lipinski definition) is 3. The number of carboxylic acids is 1. The van der Waals surface area contributed by atoms with Crippen molar-refractivity contribution < 1.29 is 32.6 Å². The Labute approximate surface area is 232 Å². The monoisotopic (exact) mass is 565 g/mol. The fourth-order valence-corrected chi connectivity index (χ4v) is 4.53. The maximum Gasteiger partial charge on any atom is 0.418 e. The molecule has 3 rings (SSSR count). The van der Waals surface area contributed by atoms with Gasteiger partial charge in [-0.15, -0.1) is 0 Å². The van der Waals surface area contributed by atoms with Crippen LogP contribution >= 0.6 is 0 Å². The molecule has 12 heteroatoms. The molecule has 0 bridgehead atoms. The normalized spacial score (nSPS) is 14.1. The van der Waals surface area contributed by atoms with Gasteiger partial charge in [0.05, 0.1) is 23.8 Å². The lowest BCUT2D eigenvalue weighted by Crippen LogP contribution is -2.44. The number of halogens is 3. The number of fused-ring (bicyclic) bond motifs is 1. The zero-order chi connectivity index (χ0) is 29.1. The summed E-state index contributed by atoms with van der Waals surface area (Å²) in [4.78, 5) is 34.7. The molecule has 1 amide bonds. The lowest BCUT2D eigenvalue weighted by atomic mass is 10.1. The molecule has 0 saturated heterocycles. The smallest absolute Gasteiger partial charge is 0.418 e. The number of carbonyl (C=O) groups excluding carboxylic acids is 1. The minimum atomic E-state index is -4.79. The molecule has 0 saturated carbocycles. The summed E-state index contributed by atoms with van der Waals surface area (Å²) in [5, 5.41) is 15.3. The summed E-state index contributed by atoms with van der Waals surface area (Å²) >= 11 is 0. The maximum atomic E-state index is 13.3. The summed E-state index contributed by atoms with van der Waals surface area (Å²) in [6, 6.07) is 3.76. The largest absolute Gasteiger partial charge is 0.480 e. The number of aliphatic carboxylic acids is 1. The number of carboxylic acid groups (broad SMARTS) is 1. The number of nitrogens with one attached hydrogen (secondary N) is 2. The van der Waals surface area contributed by atoms with Gasteiger partial charge in [-0.2, -0.15) is 13.2 Å². The summed E-state index contributed by atoms with van der Waals surface area (Å²) in [5.74, 6) is -1.46. The molecule has 1 atom stereocenters. The number of anilines is 1. The lowest BCUT2D eigenvalue weighted by Gasteiger charge is -2.25. The van der Waals surface area contributed by atoms with Crippen molar-refractivity contribution in [1.29, 1.82) is 0 Å². The quantitative estimate of drug-likeness (QED) is 0.276. The highest BCUT2D eigenvalue weighted by atomic mass is 19.4. The van der Waals surface area contributed by atoms with Crippen molar-refractivity contribution in [2.75, 3.05) is 38.1 Å². The van der Waals surface area contributed by atoms with Crippen LogP contribution in [0.15, 0.2) is 30.6 Å². The lowest BCUT2D eigenvalue weighted by molar-refractivity contribution is -0.139. The summed E-state index contributed by atoms with van der Waals surface area (Å²) in [6.07, 6.45) is 1.56. The first-order chi connectivity index (χ1) is 19.0. The minimum absolute atomic E-state index is 0.0211. The molecule has 0 radical (unpaired) electrons. The Hall–Kier alpha value is -3.25. The molecular formula is C28H38F3N5O4. The molecule has 0 unspecified atom stereocenters. The number of nitrogens with zero attached hydrogens (tertiary/aromatic N) is 3. The number of unbranched alkanes of at least 4 members (excludes halogenated alkanes) is 1. The highest BCUT2D eigenvalue weighted by Crippen LogP contribution is 2.31. The Morgan fingerprint density at radius 1 is 1.18 bits per heavy atom. The van der Waals surface area contributed by atoms with Crippen LogP contribution in [0.4, 0.5) is 19.0 Å². The number of aryl methyl sites for hydroxylation is 2. The van der Waals surface area contributed by atoms with Crippen molar-refractivity contribution in [2.45, 2.75) is 70.7 Å². The van der Waals surface area contributed by atoms with Gasteiger partial charge in [0.2, 0.25) is 0 Å². The minimum Gasteiger partial charge on any atom is -0.480 e. The van der Waals surface area contributed by atoms with E-state index in [0.29, 0.717) is 32.4 Å². The standard InChI is InChI=1S/C28H38F3N5O4/c1-19(2)40-17-16-36(14-4-3-7-21-9-8-20-6-5-12-33-25(20)34-21)15-11-24(27(38)39)35-26(37)22-10-13-32-18-23(22)28(29,30)31/h8-10,13,18-19,24H,3-7,11-12,14-17H2,1-2H3,(H,33,34)(H,35,37)(H,38,39)/t24-/m0/s1. The number of carbonyl (C=O) groups is 2. The van der Waals surface area contributed by atoms with E-state index in [9.17, 15) is 27.9 Å². The summed E-state index contributed by atoms with van der Waals surface area (Å²) in [6.45, 7) is 6.79. The molecule has 2 aromatic heterocycles. The third-order valence-electron chi connectivity index (χ3n) is 6.68. The van der Waals surface area contributed by atoms with E-state index in [1.165, 1.54) is 5.56 Å². The van der Waals surface area contributed by atoms with Gasteiger partial charge in [0, 0.05) is 37.7 Å². The van der Waals surface area contributed by atoms with Gasteiger partial charge in [-0.05, 0) is 76.6 Å². The molecule has 3 heterocycles. The molecule has 220 valence electrons. The van der Waals surface area contributed by atoms with Gasteiger partial charge in [0.1, 0.15) is 11.9 Å². The van der Waals surface area contributed by atoms with Crippen molar-refractivity contribution in [3.8, 4) is 0 Å². The molecule has 0 aromatic carbocycles. The number of hydrogen-bond acceptors (Lipinski definition) is 7. The van der Waals surface area contributed by atoms with Crippen molar-refractivity contribution in [3.05, 3.63) is 53.0 Å². The second kappa shape index (κ2) is 14.9. The van der Waals surface area contributed by atoms with Gasteiger partial charge in [0.15, 0.2) is 0 Å². The number of ether oxygens (including phenoxy) is 1. The molecule has 0 spiro atoms. The van der Waals surface area contributed by atoms with Crippen LogP contribution in [0.25, 0.3) is 0 Å². The van der Waals surface area contributed by atoms with Crippen LogP contribution in [0, 0.1) is 0 Å². The Morgan fingerprint density at radius 2 is 1.98 bits per heavy atom. The van der Waals surface area contributed by atoms with Crippen molar-refractivity contribution in [1.82, 2.24) is 20.2 Å². The second-order valence-electron chi connectivity index (χ2n) is 10.1. The maximum absolute atomic E-state index is 13.3. The number of rotatable bonds is 15. The van der Waals surface area contributed by atoms with Gasteiger partial charge in [-0.1, -0.05) is 6.07 Å². The first kappa shape index (κ1) is 31.3. The number of amides is 1. The Bertz CT molecular complexity index is 1130. The number of pyridine rings is 2. The van der Waals surface area contributed by atoms with Crippen LogP contribution in [0.3, 0.4) is 0 Å². The van der Waals surface area contributed by atoms with Gasteiger partial charge < -0.3 is 25.4 Å². The van der Waals surface area contributed by atoms with Gasteiger partial charge >= 0.3 is 12.1 Å². The molecule has 1 aliphatic heterocycles. The van der Waals surface area contributed by atoms with E-state index < -0.39 is 35.2 Å². The van der Waals surface area contributed by atoms with Crippen molar-refractivity contribution in [3.63, 3.8) is 0 Å². The number of alkyl halides is 3. The van der Waals surface area contributed by atoms with Gasteiger partial charge in [-0.25, -0.2) is 9.78 Å². The topological polar surface area (TPSA) is 117 Å². The first-order valence-corrected chi connectivity index (χ1v) is 13.7. The average Bonchev–Trinajstić information content (AvgIpc) is 2.91. The molecule has 9 nitrogen and oxygen atoms in total. The van der Waals surface area contributed by atoms with Crippen LogP contribution in [0.2, 0.25) is 0 Å². The van der Waals surface area contributed by atoms with E-state index in [1.807, 2.05) is 13.8 Å². The van der Waals surface area contributed by atoms with E-state index in [2.05, 4.69) is 32.7 Å². The average molecular weight is 566 g/mol. The van der Waals surface area contributed by atoms with Crippen LogP contribution in [0.1, 0.15) is 66.7 Å². The van der Waals surface area contributed by atoms with Gasteiger partial charge in [-0.3, -0.25) is 9.78 Å². The SMILES string of the molecule is CC(C)OCCN(CCCCc1ccc2c(n1)NCCC2)CC[C@H](NC(=O)c1ccncc1C(F)(F)F)C(=O)O. The fraction of sp³-hybridized carbons (Fsp3) is 0.571. The Morgan fingerprint density at radius 3 is 2.70 bits per heavy atom. The molecule has 0 fully saturated rings. The van der Waals surface area contributed by atoms with Crippen LogP contribution in [-0.4, -0.2) is 76.8 Å². The predicted molar refractivity (Wildman–Crippen MR) is 144 cm³/mol. The first-order valence-electron chi connectivity index (χ1n) is 13.7. The third-order valence-corrected chi connectivity index (χ3v) is 6.68. The molecule has 3 N–H and O–H groups in total. The molecule has 0 aliphatic carbocycles. The van der Waals surface area contributed by atoms with Crippen molar-refractivity contribution >= 4 is 17.7 Å².